The van der Waals surface area contributed by atoms with E-state index in [9.17, 15) is 9.59 Å². The van der Waals surface area contributed by atoms with Gasteiger partial charge in [-0.15, -0.1) is 11.3 Å². The average Bonchev–Trinajstić information content (AvgIpc) is 3.14. The fraction of sp³-hybridized carbons (Fsp3) is 0.368. The lowest BCUT2D eigenvalue weighted by Gasteiger charge is -2.15. The number of likely N-dealkylation sites (N-methyl/N-ethyl adjacent to an activating group) is 1. The molecule has 0 spiro atoms. The van der Waals surface area contributed by atoms with Crippen molar-refractivity contribution in [3.05, 3.63) is 57.8 Å². The van der Waals surface area contributed by atoms with Crippen LogP contribution in [-0.4, -0.2) is 43.9 Å². The summed E-state index contributed by atoms with van der Waals surface area (Å²) >= 11 is 1.69. The van der Waals surface area contributed by atoms with Crippen molar-refractivity contribution in [2.45, 2.75) is 19.4 Å². The number of quaternary nitrogens is 1. The molecule has 1 atom stereocenters. The van der Waals surface area contributed by atoms with Crippen LogP contribution in [0, 0.1) is 0 Å². The van der Waals surface area contributed by atoms with Gasteiger partial charge >= 0.3 is 0 Å². The standard InChI is InChI=1S/C19H25N3O2S/c1-4-14-7-9-15(10-8-14)19(16-6-5-11-25-16)21-12-17(23)20-13-18(24)22(2)3/h5-11,19,21H,4,12-13H2,1-3H3,(H,20,23)/p+1/t19-/m0/s1. The maximum absolute atomic E-state index is 12.1. The molecule has 134 valence electrons. The number of aryl methyl sites for hydroxylation is 1. The maximum atomic E-state index is 12.1. The van der Waals surface area contributed by atoms with Gasteiger partial charge in [-0.1, -0.05) is 37.3 Å². The van der Waals surface area contributed by atoms with E-state index in [1.807, 2.05) is 16.8 Å². The Labute approximate surface area is 153 Å². The Bertz CT molecular complexity index is 681. The molecule has 3 N–H and O–H groups in total. The normalized spacial score (nSPS) is 11.8. The highest BCUT2D eigenvalue weighted by atomic mass is 32.1. The van der Waals surface area contributed by atoms with Crippen molar-refractivity contribution in [1.29, 1.82) is 0 Å². The van der Waals surface area contributed by atoms with Gasteiger partial charge in [0.25, 0.3) is 5.91 Å². The predicted molar refractivity (Wildman–Crippen MR) is 100 cm³/mol. The maximum Gasteiger partial charge on any atom is 0.275 e. The number of hydrogen-bond donors (Lipinski definition) is 2. The van der Waals surface area contributed by atoms with Crippen molar-refractivity contribution in [1.82, 2.24) is 10.2 Å². The number of amides is 2. The summed E-state index contributed by atoms with van der Waals surface area (Å²) in [4.78, 5) is 26.3. The molecule has 0 saturated heterocycles. The van der Waals surface area contributed by atoms with E-state index in [4.69, 9.17) is 0 Å². The first-order chi connectivity index (χ1) is 12.0. The Kier molecular flexibility index (Phi) is 7.16. The molecular weight excluding hydrogens is 334 g/mol. The Morgan fingerprint density at radius 3 is 2.48 bits per heavy atom. The molecule has 6 heteroatoms. The number of nitrogens with one attached hydrogen (secondary N) is 1. The van der Waals surface area contributed by atoms with Crippen molar-refractivity contribution in [3.8, 4) is 0 Å². The fourth-order valence-corrected chi connectivity index (χ4v) is 3.33. The van der Waals surface area contributed by atoms with Gasteiger partial charge in [-0.05, 0) is 23.4 Å². The fourth-order valence-electron chi connectivity index (χ4n) is 2.47. The van der Waals surface area contributed by atoms with Crippen LogP contribution in [0.4, 0.5) is 0 Å². The van der Waals surface area contributed by atoms with Crippen LogP contribution in [0.25, 0.3) is 0 Å². The number of hydrogen-bond acceptors (Lipinski definition) is 3. The van der Waals surface area contributed by atoms with Crippen LogP contribution >= 0.6 is 11.3 Å². The van der Waals surface area contributed by atoms with Gasteiger partial charge in [-0.2, -0.15) is 0 Å². The zero-order valence-electron chi connectivity index (χ0n) is 15.0. The van der Waals surface area contributed by atoms with Gasteiger partial charge < -0.3 is 15.5 Å². The van der Waals surface area contributed by atoms with E-state index >= 15 is 0 Å². The summed E-state index contributed by atoms with van der Waals surface area (Å²) in [7, 11) is 3.35. The molecule has 2 aromatic rings. The van der Waals surface area contributed by atoms with Gasteiger partial charge in [0.1, 0.15) is 6.04 Å². The van der Waals surface area contributed by atoms with Crippen LogP contribution in [-0.2, 0) is 16.0 Å². The number of rotatable bonds is 8. The van der Waals surface area contributed by atoms with E-state index in [0.717, 1.165) is 6.42 Å². The van der Waals surface area contributed by atoms with E-state index in [1.165, 1.54) is 20.9 Å². The quantitative estimate of drug-likeness (QED) is 0.742. The van der Waals surface area contributed by atoms with Crippen molar-refractivity contribution < 1.29 is 14.9 Å². The van der Waals surface area contributed by atoms with Crippen LogP contribution in [0.2, 0.25) is 0 Å². The van der Waals surface area contributed by atoms with Gasteiger partial charge in [0.05, 0.1) is 11.4 Å². The summed E-state index contributed by atoms with van der Waals surface area (Å²) < 4.78 is 0. The first-order valence-electron chi connectivity index (χ1n) is 8.43. The minimum absolute atomic E-state index is 0.0362. The highest BCUT2D eigenvalue weighted by molar-refractivity contribution is 7.10. The molecule has 1 heterocycles. The summed E-state index contributed by atoms with van der Waals surface area (Å²) in [5, 5.41) is 6.74. The zero-order chi connectivity index (χ0) is 18.2. The van der Waals surface area contributed by atoms with Crippen LogP contribution in [0.5, 0.6) is 0 Å². The number of carbonyl (C=O) groups excluding carboxylic acids is 2. The SMILES string of the molecule is CCc1ccc([C@H]([NH2+]CC(=O)NCC(=O)N(C)C)c2cccs2)cc1. The molecule has 0 aliphatic rings. The Hall–Kier alpha value is -2.18. The van der Waals surface area contributed by atoms with E-state index in [2.05, 4.69) is 42.6 Å². The highest BCUT2D eigenvalue weighted by Crippen LogP contribution is 2.23. The van der Waals surface area contributed by atoms with Crippen molar-refractivity contribution in [2.75, 3.05) is 27.2 Å². The number of nitrogens with zero attached hydrogens (tertiary/aromatic N) is 1. The lowest BCUT2D eigenvalue weighted by Crippen LogP contribution is -2.87. The third-order valence-electron chi connectivity index (χ3n) is 4.07. The topological polar surface area (TPSA) is 66.0 Å². The molecule has 25 heavy (non-hydrogen) atoms. The minimum Gasteiger partial charge on any atom is -0.347 e. The molecule has 0 aliphatic carbocycles. The summed E-state index contributed by atoms with van der Waals surface area (Å²) in [6, 6.07) is 12.7. The zero-order valence-corrected chi connectivity index (χ0v) is 15.8. The first-order valence-corrected chi connectivity index (χ1v) is 9.31. The van der Waals surface area contributed by atoms with E-state index in [-0.39, 0.29) is 30.9 Å². The average molecular weight is 361 g/mol. The molecule has 0 unspecified atom stereocenters. The lowest BCUT2D eigenvalue weighted by molar-refractivity contribution is -0.676. The van der Waals surface area contributed by atoms with Gasteiger partial charge in [-0.3, -0.25) is 9.59 Å². The predicted octanol–water partition coefficient (Wildman–Crippen LogP) is 1.17. The molecular formula is C19H26N3O2S+. The summed E-state index contributed by atoms with van der Waals surface area (Å²) in [6.45, 7) is 2.45. The molecule has 1 aromatic heterocycles. The van der Waals surface area contributed by atoms with E-state index in [1.54, 1.807) is 25.4 Å². The second-order valence-corrected chi connectivity index (χ2v) is 7.07. The molecule has 0 saturated carbocycles. The Morgan fingerprint density at radius 2 is 1.92 bits per heavy atom. The van der Waals surface area contributed by atoms with Gasteiger partial charge in [0, 0.05) is 19.7 Å². The van der Waals surface area contributed by atoms with Crippen molar-refractivity contribution in [2.24, 2.45) is 0 Å². The molecule has 0 bridgehead atoms. The van der Waals surface area contributed by atoms with Gasteiger partial charge in [0.15, 0.2) is 6.54 Å². The van der Waals surface area contributed by atoms with Crippen LogP contribution < -0.4 is 10.6 Å². The minimum atomic E-state index is -0.137. The Balaban J connectivity index is 2.00. The third-order valence-corrected chi connectivity index (χ3v) is 5.03. The molecule has 1 aromatic carbocycles. The number of nitrogens with two attached hydrogens (primary N) is 1. The van der Waals surface area contributed by atoms with Crippen LogP contribution in [0.15, 0.2) is 41.8 Å². The summed E-state index contributed by atoms with van der Waals surface area (Å²) in [6.07, 6.45) is 1.01. The molecule has 0 fully saturated rings. The molecule has 2 amide bonds. The van der Waals surface area contributed by atoms with Crippen molar-refractivity contribution in [3.63, 3.8) is 0 Å². The second kappa shape index (κ2) is 9.34. The van der Waals surface area contributed by atoms with E-state index < -0.39 is 0 Å². The van der Waals surface area contributed by atoms with Crippen molar-refractivity contribution >= 4 is 23.2 Å². The second-order valence-electron chi connectivity index (χ2n) is 6.09. The molecule has 0 radical (unpaired) electrons. The van der Waals surface area contributed by atoms with Gasteiger partial charge in [0.2, 0.25) is 5.91 Å². The largest absolute Gasteiger partial charge is 0.347 e. The van der Waals surface area contributed by atoms with Gasteiger partial charge in [-0.25, -0.2) is 0 Å². The highest BCUT2D eigenvalue weighted by Gasteiger charge is 2.20. The number of thiophene rings is 1. The van der Waals surface area contributed by atoms with Crippen LogP contribution in [0.1, 0.15) is 29.0 Å². The Morgan fingerprint density at radius 1 is 1.20 bits per heavy atom. The smallest absolute Gasteiger partial charge is 0.275 e. The summed E-state index contributed by atoms with van der Waals surface area (Å²) in [5.41, 5.74) is 2.48. The molecule has 0 aliphatic heterocycles. The molecule has 5 nitrogen and oxygen atoms in total. The first kappa shape index (κ1) is 19.1. The van der Waals surface area contributed by atoms with E-state index in [0.29, 0.717) is 0 Å². The third kappa shape index (κ3) is 5.69. The molecule has 2 rings (SSSR count). The monoisotopic (exact) mass is 360 g/mol. The lowest BCUT2D eigenvalue weighted by atomic mass is 10.0. The van der Waals surface area contributed by atoms with Crippen LogP contribution in [0.3, 0.4) is 0 Å². The summed E-state index contributed by atoms with van der Waals surface area (Å²) in [5.74, 6) is -0.250. The number of benzene rings is 1. The number of carbonyl (C=O) groups is 2.